The lowest BCUT2D eigenvalue weighted by Gasteiger charge is -2.15. The zero-order valence-electron chi connectivity index (χ0n) is 11.5. The van der Waals surface area contributed by atoms with E-state index in [0.29, 0.717) is 19.0 Å². The maximum Gasteiger partial charge on any atom is 0.147 e. The van der Waals surface area contributed by atoms with Crippen LogP contribution >= 0.6 is 11.5 Å². The van der Waals surface area contributed by atoms with Gasteiger partial charge in [0.25, 0.3) is 0 Å². The van der Waals surface area contributed by atoms with Crippen molar-refractivity contribution in [1.82, 2.24) is 9.36 Å². The molecule has 0 aliphatic carbocycles. The number of methoxy groups -OCH3 is 2. The lowest BCUT2D eigenvalue weighted by molar-refractivity contribution is 0.0366. The first-order valence-corrected chi connectivity index (χ1v) is 6.94. The summed E-state index contributed by atoms with van der Waals surface area (Å²) in [5.41, 5.74) is 7.78. The Morgan fingerprint density at radius 3 is 2.95 bits per heavy atom. The monoisotopic (exact) mass is 294 g/mol. The summed E-state index contributed by atoms with van der Waals surface area (Å²) in [6, 6.07) is 3.83. The Kier molecular flexibility index (Phi) is 5.28. The summed E-state index contributed by atoms with van der Waals surface area (Å²) < 4.78 is 14.6. The predicted octanol–water partition coefficient (Wildman–Crippen LogP) is 1.86. The molecule has 0 fully saturated rings. The van der Waals surface area contributed by atoms with Gasteiger partial charge in [0, 0.05) is 38.7 Å². The van der Waals surface area contributed by atoms with Gasteiger partial charge < -0.3 is 20.5 Å². The van der Waals surface area contributed by atoms with Crippen molar-refractivity contribution in [2.24, 2.45) is 0 Å². The average Bonchev–Trinajstić information content (AvgIpc) is 2.85. The predicted molar refractivity (Wildman–Crippen MR) is 80.9 cm³/mol. The van der Waals surface area contributed by atoms with Crippen molar-refractivity contribution in [3.63, 3.8) is 0 Å². The minimum absolute atomic E-state index is 0.0231. The van der Waals surface area contributed by atoms with Crippen LogP contribution in [-0.2, 0) is 9.47 Å². The van der Waals surface area contributed by atoms with Crippen molar-refractivity contribution in [3.8, 4) is 11.1 Å². The van der Waals surface area contributed by atoms with E-state index in [2.05, 4.69) is 14.7 Å². The molecule has 2 heterocycles. The number of nitrogens with two attached hydrogens (primary N) is 1. The second-order valence-electron chi connectivity index (χ2n) is 4.21. The van der Waals surface area contributed by atoms with Gasteiger partial charge in [-0.3, -0.25) is 4.98 Å². The largest absolute Gasteiger partial charge is 0.382 e. The molecule has 7 heteroatoms. The second-order valence-corrected chi connectivity index (χ2v) is 4.98. The zero-order chi connectivity index (χ0) is 14.4. The molecule has 0 spiro atoms. The van der Waals surface area contributed by atoms with Gasteiger partial charge in [0.15, 0.2) is 0 Å². The van der Waals surface area contributed by atoms with Crippen LogP contribution in [0.1, 0.15) is 0 Å². The maximum absolute atomic E-state index is 5.95. The highest BCUT2D eigenvalue weighted by Gasteiger charge is 2.15. The highest BCUT2D eigenvalue weighted by Crippen LogP contribution is 2.36. The number of rotatable bonds is 7. The summed E-state index contributed by atoms with van der Waals surface area (Å²) in [6.07, 6.45) is 3.48. The fourth-order valence-corrected chi connectivity index (χ4v) is 2.56. The Balaban J connectivity index is 2.14. The molecule has 1 atom stereocenters. The molecule has 20 heavy (non-hydrogen) atoms. The van der Waals surface area contributed by atoms with Gasteiger partial charge in [-0.1, -0.05) is 6.07 Å². The van der Waals surface area contributed by atoms with E-state index in [0.717, 1.165) is 16.1 Å². The SMILES string of the molecule is COCC(CNc1snc(N)c1-c1cccnc1)OC. The number of anilines is 2. The van der Waals surface area contributed by atoms with E-state index >= 15 is 0 Å². The maximum atomic E-state index is 5.95. The van der Waals surface area contributed by atoms with E-state index in [-0.39, 0.29) is 6.10 Å². The van der Waals surface area contributed by atoms with Crippen molar-refractivity contribution >= 4 is 22.4 Å². The molecule has 0 bridgehead atoms. The molecule has 0 radical (unpaired) electrons. The lowest BCUT2D eigenvalue weighted by Crippen LogP contribution is -2.26. The van der Waals surface area contributed by atoms with E-state index in [9.17, 15) is 0 Å². The van der Waals surface area contributed by atoms with Crippen molar-refractivity contribution in [1.29, 1.82) is 0 Å². The van der Waals surface area contributed by atoms with Crippen LogP contribution in [0.15, 0.2) is 24.5 Å². The Morgan fingerprint density at radius 2 is 2.30 bits per heavy atom. The van der Waals surface area contributed by atoms with E-state index in [1.54, 1.807) is 26.6 Å². The first kappa shape index (κ1) is 14.7. The minimum atomic E-state index is -0.0231. The van der Waals surface area contributed by atoms with Gasteiger partial charge >= 0.3 is 0 Å². The standard InChI is InChI=1S/C13H18N4O2S/c1-18-8-10(19-2)7-16-13-11(12(14)17-20-13)9-4-3-5-15-6-9/h3-6,10,16H,7-8H2,1-2H3,(H2,14,17). The number of nitrogen functional groups attached to an aromatic ring is 1. The molecule has 0 saturated heterocycles. The third-order valence-corrected chi connectivity index (χ3v) is 3.66. The molecule has 0 saturated carbocycles. The molecule has 6 nitrogen and oxygen atoms in total. The molecule has 0 aliphatic heterocycles. The van der Waals surface area contributed by atoms with Crippen LogP contribution in [0, 0.1) is 0 Å². The first-order chi connectivity index (χ1) is 9.76. The lowest BCUT2D eigenvalue weighted by atomic mass is 10.1. The van der Waals surface area contributed by atoms with Gasteiger partial charge in [0.1, 0.15) is 10.8 Å². The van der Waals surface area contributed by atoms with Crippen LogP contribution in [0.4, 0.5) is 10.8 Å². The van der Waals surface area contributed by atoms with Crippen molar-refractivity contribution in [3.05, 3.63) is 24.5 Å². The van der Waals surface area contributed by atoms with Gasteiger partial charge in [-0.2, -0.15) is 4.37 Å². The van der Waals surface area contributed by atoms with Crippen LogP contribution in [0.2, 0.25) is 0 Å². The third kappa shape index (κ3) is 3.44. The summed E-state index contributed by atoms with van der Waals surface area (Å²) in [5.74, 6) is 0.506. The number of nitrogens with one attached hydrogen (secondary N) is 1. The fourth-order valence-electron chi connectivity index (χ4n) is 1.82. The number of pyridine rings is 1. The van der Waals surface area contributed by atoms with Gasteiger partial charge in [-0.15, -0.1) is 0 Å². The van der Waals surface area contributed by atoms with E-state index in [4.69, 9.17) is 15.2 Å². The normalized spacial score (nSPS) is 12.3. The van der Waals surface area contributed by atoms with Gasteiger partial charge in [0.2, 0.25) is 0 Å². The number of hydrogen-bond acceptors (Lipinski definition) is 7. The summed E-state index contributed by atoms with van der Waals surface area (Å²) in [5, 5.41) is 4.22. The molecule has 3 N–H and O–H groups in total. The first-order valence-electron chi connectivity index (χ1n) is 6.17. The molecular formula is C13H18N4O2S. The Bertz CT molecular complexity index is 532. The molecule has 0 amide bonds. The average molecular weight is 294 g/mol. The molecule has 0 aliphatic rings. The van der Waals surface area contributed by atoms with E-state index in [1.807, 2.05) is 12.1 Å². The quantitative estimate of drug-likeness (QED) is 0.811. The van der Waals surface area contributed by atoms with Crippen molar-refractivity contribution in [2.75, 3.05) is 38.4 Å². The Labute approximate surface area is 122 Å². The van der Waals surface area contributed by atoms with Gasteiger partial charge in [0.05, 0.1) is 18.3 Å². The molecule has 2 aromatic rings. The highest BCUT2D eigenvalue weighted by atomic mass is 32.1. The van der Waals surface area contributed by atoms with Gasteiger partial charge in [-0.05, 0) is 17.6 Å². The van der Waals surface area contributed by atoms with Crippen LogP contribution < -0.4 is 11.1 Å². The smallest absolute Gasteiger partial charge is 0.147 e. The highest BCUT2D eigenvalue weighted by molar-refractivity contribution is 7.11. The molecule has 2 aromatic heterocycles. The topological polar surface area (TPSA) is 82.3 Å². The third-order valence-electron chi connectivity index (χ3n) is 2.84. The molecular weight excluding hydrogens is 276 g/mol. The van der Waals surface area contributed by atoms with Crippen LogP contribution in [-0.4, -0.2) is 42.8 Å². The second kappa shape index (κ2) is 7.18. The summed E-state index contributed by atoms with van der Waals surface area (Å²) in [4.78, 5) is 4.11. The van der Waals surface area contributed by atoms with Crippen molar-refractivity contribution < 1.29 is 9.47 Å². The summed E-state index contributed by atoms with van der Waals surface area (Å²) >= 11 is 1.33. The number of ether oxygens (including phenoxy) is 2. The minimum Gasteiger partial charge on any atom is -0.382 e. The zero-order valence-corrected chi connectivity index (χ0v) is 12.3. The Hall–Kier alpha value is -1.70. The Morgan fingerprint density at radius 1 is 1.45 bits per heavy atom. The van der Waals surface area contributed by atoms with Gasteiger partial charge in [-0.25, -0.2) is 0 Å². The summed E-state index contributed by atoms with van der Waals surface area (Å²) in [7, 11) is 3.31. The van der Waals surface area contributed by atoms with Crippen LogP contribution in [0.5, 0.6) is 0 Å². The number of hydrogen-bond donors (Lipinski definition) is 2. The van der Waals surface area contributed by atoms with Crippen LogP contribution in [0.25, 0.3) is 11.1 Å². The van der Waals surface area contributed by atoms with Crippen LogP contribution in [0.3, 0.4) is 0 Å². The molecule has 0 aromatic carbocycles. The van der Waals surface area contributed by atoms with E-state index in [1.165, 1.54) is 11.5 Å². The molecule has 1 unspecified atom stereocenters. The van der Waals surface area contributed by atoms with E-state index < -0.39 is 0 Å². The van der Waals surface area contributed by atoms with Crippen molar-refractivity contribution in [2.45, 2.75) is 6.10 Å². The molecule has 108 valence electrons. The summed E-state index contributed by atoms with van der Waals surface area (Å²) in [6.45, 7) is 1.15. The number of aromatic nitrogens is 2. The molecule has 2 rings (SSSR count). The number of nitrogens with zero attached hydrogens (tertiary/aromatic N) is 2. The fraction of sp³-hybridized carbons (Fsp3) is 0.385.